The first-order chi connectivity index (χ1) is 20.8. The van der Waals surface area contributed by atoms with Crippen molar-refractivity contribution >= 4 is 0 Å². The minimum absolute atomic E-state index is 0.0920. The third kappa shape index (κ3) is 6.95. The van der Waals surface area contributed by atoms with Crippen molar-refractivity contribution in [2.75, 3.05) is 0 Å². The van der Waals surface area contributed by atoms with E-state index >= 15 is 8.78 Å². The van der Waals surface area contributed by atoms with Crippen LogP contribution in [0.2, 0.25) is 0 Å². The summed E-state index contributed by atoms with van der Waals surface area (Å²) in [5.41, 5.74) is 4.03. The highest BCUT2D eigenvalue weighted by atomic mass is 19.3. The molecule has 0 amide bonds. The maximum absolute atomic E-state index is 15.2. The molecular weight excluding hydrogens is 550 g/mol. The normalized spacial score (nSPS) is 11.3. The van der Waals surface area contributed by atoms with E-state index in [2.05, 4.69) is 19.1 Å². The highest BCUT2D eigenvalue weighted by Gasteiger charge is 2.34. The van der Waals surface area contributed by atoms with E-state index in [9.17, 15) is 8.78 Å². The number of benzene rings is 5. The number of rotatable bonds is 10. The van der Waals surface area contributed by atoms with Gasteiger partial charge in [0.25, 0.3) is 0 Å². The summed E-state index contributed by atoms with van der Waals surface area (Å²) in [4.78, 5) is 0. The number of halogens is 4. The van der Waals surface area contributed by atoms with Gasteiger partial charge in [-0.2, -0.15) is 14.0 Å². The molecular formula is C37H29F4NO. The Hall–Kier alpha value is -4.89. The second-order valence-electron chi connectivity index (χ2n) is 10.4. The van der Waals surface area contributed by atoms with E-state index in [1.54, 1.807) is 12.1 Å². The standard InChI is InChI=1S/C37H29F4NO/c1-2-3-4-5-25-6-10-27(11-7-25)29-14-20-34(35(38)22-29)30-15-21-33(36(39)23-30)28-12-16-31(17-13-28)37(40,41)43-32-18-8-26(24-42)9-19-32/h6-23H,2-5H2,1H3. The predicted octanol–water partition coefficient (Wildman–Crippen LogP) is 10.7. The molecule has 0 aromatic heterocycles. The summed E-state index contributed by atoms with van der Waals surface area (Å²) in [6.45, 7) is 2.17. The summed E-state index contributed by atoms with van der Waals surface area (Å²) in [7, 11) is 0. The van der Waals surface area contributed by atoms with Crippen molar-refractivity contribution in [3.8, 4) is 45.2 Å². The summed E-state index contributed by atoms with van der Waals surface area (Å²) in [5.74, 6) is -1.16. The van der Waals surface area contributed by atoms with Crippen molar-refractivity contribution in [3.63, 3.8) is 0 Å². The van der Waals surface area contributed by atoms with Crippen LogP contribution >= 0.6 is 0 Å². The quantitative estimate of drug-likeness (QED) is 0.122. The van der Waals surface area contributed by atoms with Gasteiger partial charge in [0, 0.05) is 11.1 Å². The van der Waals surface area contributed by atoms with Gasteiger partial charge in [-0.15, -0.1) is 0 Å². The summed E-state index contributed by atoms with van der Waals surface area (Å²) in [6, 6.07) is 29.8. The Balaban J connectivity index is 1.30. The van der Waals surface area contributed by atoms with E-state index in [1.165, 1.54) is 85.1 Å². The molecule has 5 rings (SSSR count). The van der Waals surface area contributed by atoms with Crippen LogP contribution in [0.3, 0.4) is 0 Å². The minimum Gasteiger partial charge on any atom is -0.429 e. The number of nitrogens with zero attached hydrogens (tertiary/aromatic N) is 1. The van der Waals surface area contributed by atoms with Gasteiger partial charge in [-0.05, 0) is 89.2 Å². The lowest BCUT2D eigenvalue weighted by molar-refractivity contribution is -0.185. The molecule has 216 valence electrons. The molecule has 6 heteroatoms. The van der Waals surface area contributed by atoms with Crippen molar-refractivity contribution in [1.29, 1.82) is 5.26 Å². The number of hydrogen-bond donors (Lipinski definition) is 0. The van der Waals surface area contributed by atoms with Crippen molar-refractivity contribution < 1.29 is 22.3 Å². The number of aryl methyl sites for hydroxylation is 1. The Labute approximate surface area is 248 Å². The van der Waals surface area contributed by atoms with Crippen LogP contribution in [0, 0.1) is 23.0 Å². The van der Waals surface area contributed by atoms with Gasteiger partial charge in [-0.25, -0.2) is 8.78 Å². The van der Waals surface area contributed by atoms with Crippen molar-refractivity contribution in [1.82, 2.24) is 0 Å². The molecule has 43 heavy (non-hydrogen) atoms. The third-order valence-electron chi connectivity index (χ3n) is 7.37. The molecule has 5 aromatic rings. The van der Waals surface area contributed by atoms with Crippen LogP contribution in [0.1, 0.15) is 42.9 Å². The fourth-order valence-corrected chi connectivity index (χ4v) is 4.94. The lowest BCUT2D eigenvalue weighted by atomic mass is 9.96. The maximum Gasteiger partial charge on any atom is 0.426 e. The Morgan fingerprint density at radius 3 is 1.81 bits per heavy atom. The largest absolute Gasteiger partial charge is 0.429 e. The SMILES string of the molecule is CCCCCc1ccc(-c2ccc(-c3ccc(-c4ccc(C(F)(F)Oc5ccc(C#N)cc5)cc4)c(F)c3)c(F)c2)cc1. The molecule has 0 saturated carbocycles. The molecule has 0 aliphatic rings. The van der Waals surface area contributed by atoms with E-state index in [1.807, 2.05) is 24.3 Å². The first-order valence-corrected chi connectivity index (χ1v) is 14.1. The Bertz CT molecular complexity index is 1740. The zero-order valence-electron chi connectivity index (χ0n) is 23.6. The van der Waals surface area contributed by atoms with E-state index in [-0.39, 0.29) is 16.9 Å². The second kappa shape index (κ2) is 13.0. The van der Waals surface area contributed by atoms with Gasteiger partial charge >= 0.3 is 6.11 Å². The molecule has 0 radical (unpaired) electrons. The Morgan fingerprint density at radius 1 is 0.651 bits per heavy atom. The van der Waals surface area contributed by atoms with Gasteiger partial charge in [-0.1, -0.05) is 80.4 Å². The van der Waals surface area contributed by atoms with Crippen molar-refractivity contribution in [2.45, 2.75) is 38.7 Å². The number of ether oxygens (including phenoxy) is 1. The van der Waals surface area contributed by atoms with Gasteiger partial charge < -0.3 is 4.74 Å². The Morgan fingerprint density at radius 2 is 1.21 bits per heavy atom. The third-order valence-corrected chi connectivity index (χ3v) is 7.37. The first kappa shape index (κ1) is 29.6. The number of hydrogen-bond acceptors (Lipinski definition) is 2. The molecule has 0 spiro atoms. The average Bonchev–Trinajstić information content (AvgIpc) is 3.02. The summed E-state index contributed by atoms with van der Waals surface area (Å²) < 4.78 is 64.7. The average molecular weight is 580 g/mol. The second-order valence-corrected chi connectivity index (χ2v) is 10.4. The first-order valence-electron chi connectivity index (χ1n) is 14.1. The van der Waals surface area contributed by atoms with Gasteiger partial charge in [0.1, 0.15) is 17.4 Å². The minimum atomic E-state index is -3.64. The number of nitriles is 1. The zero-order valence-corrected chi connectivity index (χ0v) is 23.6. The van der Waals surface area contributed by atoms with Crippen LogP contribution < -0.4 is 4.74 Å². The van der Waals surface area contributed by atoms with Gasteiger partial charge in [-0.3, -0.25) is 0 Å². The van der Waals surface area contributed by atoms with Crippen LogP contribution in [0.5, 0.6) is 5.75 Å². The van der Waals surface area contributed by atoms with Gasteiger partial charge in [0.15, 0.2) is 0 Å². The molecule has 0 aliphatic carbocycles. The van der Waals surface area contributed by atoms with Crippen LogP contribution in [-0.2, 0) is 12.5 Å². The Kier molecular flexibility index (Phi) is 8.92. The molecule has 0 fully saturated rings. The van der Waals surface area contributed by atoms with Crippen molar-refractivity contribution in [3.05, 3.63) is 138 Å². The van der Waals surface area contributed by atoms with E-state index in [4.69, 9.17) is 10.00 Å². The lowest BCUT2D eigenvalue weighted by Gasteiger charge is -2.18. The topological polar surface area (TPSA) is 33.0 Å². The van der Waals surface area contributed by atoms with Crippen molar-refractivity contribution in [2.24, 2.45) is 0 Å². The monoisotopic (exact) mass is 579 g/mol. The van der Waals surface area contributed by atoms with E-state index in [0.29, 0.717) is 16.7 Å². The molecule has 0 N–H and O–H groups in total. The molecule has 0 saturated heterocycles. The van der Waals surface area contributed by atoms with Gasteiger partial charge in [0.05, 0.1) is 17.2 Å². The van der Waals surface area contributed by atoms with E-state index < -0.39 is 23.3 Å². The molecule has 0 atom stereocenters. The smallest absolute Gasteiger partial charge is 0.426 e. The highest BCUT2D eigenvalue weighted by Crippen LogP contribution is 2.35. The molecule has 0 bridgehead atoms. The van der Waals surface area contributed by atoms with Crippen LogP contribution in [0.25, 0.3) is 33.4 Å². The van der Waals surface area contributed by atoms with Crippen LogP contribution in [-0.4, -0.2) is 0 Å². The molecule has 0 heterocycles. The highest BCUT2D eigenvalue weighted by molar-refractivity contribution is 5.74. The summed E-state index contributed by atoms with van der Waals surface area (Å²) >= 11 is 0. The van der Waals surface area contributed by atoms with Crippen LogP contribution in [0.4, 0.5) is 17.6 Å². The lowest BCUT2D eigenvalue weighted by Crippen LogP contribution is -2.21. The fraction of sp³-hybridized carbons (Fsp3) is 0.162. The molecule has 0 aliphatic heterocycles. The molecule has 5 aromatic carbocycles. The fourth-order valence-electron chi connectivity index (χ4n) is 4.94. The maximum atomic E-state index is 15.2. The molecule has 0 unspecified atom stereocenters. The van der Waals surface area contributed by atoms with Gasteiger partial charge in [0.2, 0.25) is 0 Å². The number of unbranched alkanes of at least 4 members (excludes halogenated alkanes) is 2. The summed E-state index contributed by atoms with van der Waals surface area (Å²) in [5, 5.41) is 8.86. The van der Waals surface area contributed by atoms with Crippen LogP contribution in [0.15, 0.2) is 109 Å². The molecule has 2 nitrogen and oxygen atoms in total. The summed E-state index contributed by atoms with van der Waals surface area (Å²) in [6.07, 6.45) is 0.886. The number of alkyl halides is 2. The zero-order chi connectivity index (χ0) is 30.4. The predicted molar refractivity (Wildman–Crippen MR) is 162 cm³/mol. The van der Waals surface area contributed by atoms with E-state index in [0.717, 1.165) is 24.0 Å².